The highest BCUT2D eigenvalue weighted by Gasteiger charge is 2.14. The van der Waals surface area contributed by atoms with E-state index in [-0.39, 0.29) is 11.1 Å². The lowest BCUT2D eigenvalue weighted by Gasteiger charge is -2.06. The van der Waals surface area contributed by atoms with Crippen LogP contribution in [0.25, 0.3) is 4.96 Å². The van der Waals surface area contributed by atoms with Crippen molar-refractivity contribution in [1.29, 1.82) is 0 Å². The normalized spacial score (nSPS) is 11.0. The van der Waals surface area contributed by atoms with Crippen LogP contribution in [-0.2, 0) is 7.05 Å². The summed E-state index contributed by atoms with van der Waals surface area (Å²) in [5.74, 6) is -0.489. The molecule has 4 aromatic rings. The fourth-order valence-electron chi connectivity index (χ4n) is 2.26. The summed E-state index contributed by atoms with van der Waals surface area (Å²) in [7, 11) is 1.87. The maximum absolute atomic E-state index is 12.4. The molecule has 0 atom stereocenters. The van der Waals surface area contributed by atoms with E-state index >= 15 is 0 Å². The number of hydrogen-bond acceptors (Lipinski definition) is 7. The summed E-state index contributed by atoms with van der Waals surface area (Å²) in [6.45, 7) is 0. The quantitative estimate of drug-likeness (QED) is 0.580. The van der Waals surface area contributed by atoms with Crippen LogP contribution in [0.1, 0.15) is 10.4 Å². The highest BCUT2D eigenvalue weighted by molar-refractivity contribution is 7.99. The third-order valence-electron chi connectivity index (χ3n) is 3.58. The van der Waals surface area contributed by atoms with Gasteiger partial charge in [-0.05, 0) is 36.0 Å². The molecule has 0 bridgehead atoms. The molecule has 0 fully saturated rings. The van der Waals surface area contributed by atoms with Crippen molar-refractivity contribution in [3.05, 3.63) is 64.3 Å². The molecule has 8 nitrogen and oxygen atoms in total. The first-order chi connectivity index (χ1) is 12.6. The van der Waals surface area contributed by atoms with Crippen LogP contribution in [0.3, 0.4) is 0 Å². The van der Waals surface area contributed by atoms with Crippen molar-refractivity contribution in [2.24, 2.45) is 7.05 Å². The number of anilines is 1. The summed E-state index contributed by atoms with van der Waals surface area (Å²) in [4.78, 5) is 30.4. The van der Waals surface area contributed by atoms with Gasteiger partial charge in [-0.1, -0.05) is 0 Å². The van der Waals surface area contributed by atoms with Crippen molar-refractivity contribution >= 4 is 39.7 Å². The number of rotatable bonds is 4. The number of amides is 1. The minimum absolute atomic E-state index is 0.00145. The second-order valence-corrected chi connectivity index (χ2v) is 7.25. The minimum Gasteiger partial charge on any atom is -0.322 e. The average molecular weight is 384 g/mol. The van der Waals surface area contributed by atoms with E-state index in [4.69, 9.17) is 0 Å². The molecule has 0 aliphatic carbocycles. The highest BCUT2D eigenvalue weighted by atomic mass is 32.2. The summed E-state index contributed by atoms with van der Waals surface area (Å²) < 4.78 is 3.18. The summed E-state index contributed by atoms with van der Waals surface area (Å²) in [5.41, 5.74) is 0.203. The first-order valence-electron chi connectivity index (χ1n) is 7.50. The largest absolute Gasteiger partial charge is 0.322 e. The van der Waals surface area contributed by atoms with Crippen molar-refractivity contribution in [2.75, 3.05) is 5.32 Å². The van der Waals surface area contributed by atoms with Gasteiger partial charge in [-0.3, -0.25) is 14.0 Å². The number of nitrogens with zero attached hydrogens (tertiary/aromatic N) is 5. The van der Waals surface area contributed by atoms with Crippen molar-refractivity contribution in [2.45, 2.75) is 10.1 Å². The smallest absolute Gasteiger partial charge is 0.271 e. The summed E-state index contributed by atoms with van der Waals surface area (Å²) >= 11 is 2.80. The van der Waals surface area contributed by atoms with E-state index in [1.54, 1.807) is 30.0 Å². The minimum atomic E-state index is -0.489. The zero-order chi connectivity index (χ0) is 18.1. The Morgan fingerprint density at radius 3 is 2.81 bits per heavy atom. The predicted octanol–water partition coefficient (Wildman–Crippen LogP) is 2.29. The molecule has 0 radical (unpaired) electrons. The number of nitrogens with one attached hydrogen (secondary N) is 1. The van der Waals surface area contributed by atoms with Crippen molar-refractivity contribution in [3.63, 3.8) is 0 Å². The molecule has 0 aliphatic rings. The predicted molar refractivity (Wildman–Crippen MR) is 98.9 cm³/mol. The van der Waals surface area contributed by atoms with Crippen LogP contribution in [0.4, 0.5) is 5.69 Å². The van der Waals surface area contributed by atoms with Crippen LogP contribution >= 0.6 is 23.1 Å². The Bertz CT molecular complexity index is 1150. The zero-order valence-electron chi connectivity index (χ0n) is 13.5. The van der Waals surface area contributed by atoms with Crippen LogP contribution in [0.15, 0.2) is 63.2 Å². The van der Waals surface area contributed by atoms with Crippen molar-refractivity contribution in [3.8, 4) is 0 Å². The number of aryl methyl sites for hydroxylation is 1. The Labute approximate surface area is 155 Å². The fraction of sp³-hybridized carbons (Fsp3) is 0.0625. The van der Waals surface area contributed by atoms with Gasteiger partial charge < -0.3 is 9.88 Å². The Hall–Kier alpha value is -2.98. The van der Waals surface area contributed by atoms with Crippen LogP contribution in [-0.4, -0.2) is 30.1 Å². The molecule has 1 N–H and O–H groups in total. The van der Waals surface area contributed by atoms with Gasteiger partial charge in [-0.2, -0.15) is 0 Å². The number of thiazole rings is 1. The maximum atomic E-state index is 12.4. The molecule has 1 amide bonds. The highest BCUT2D eigenvalue weighted by Crippen LogP contribution is 2.26. The van der Waals surface area contributed by atoms with Gasteiger partial charge >= 0.3 is 0 Å². The molecule has 10 heteroatoms. The molecule has 4 rings (SSSR count). The van der Waals surface area contributed by atoms with Gasteiger partial charge in [0.1, 0.15) is 11.9 Å². The Morgan fingerprint density at radius 2 is 2.08 bits per heavy atom. The summed E-state index contributed by atoms with van der Waals surface area (Å²) in [5, 5.41) is 13.1. The number of hydrogen-bond donors (Lipinski definition) is 1. The molecule has 0 spiro atoms. The SMILES string of the molecule is Cn1cnnc1Sc1ccc(NC(=O)c2cnc3sccn3c2=O)cc1. The van der Waals surface area contributed by atoms with Gasteiger partial charge in [0, 0.05) is 35.4 Å². The van der Waals surface area contributed by atoms with Gasteiger partial charge in [0.05, 0.1) is 0 Å². The molecule has 3 heterocycles. The molecule has 3 aromatic heterocycles. The van der Waals surface area contributed by atoms with Gasteiger partial charge in [0.25, 0.3) is 11.5 Å². The van der Waals surface area contributed by atoms with Crippen LogP contribution in [0, 0.1) is 0 Å². The number of fused-ring (bicyclic) bond motifs is 1. The average Bonchev–Trinajstić information content (AvgIpc) is 3.27. The lowest BCUT2D eigenvalue weighted by molar-refractivity contribution is 0.102. The fourth-order valence-corrected chi connectivity index (χ4v) is 3.69. The molecular weight excluding hydrogens is 372 g/mol. The molecule has 0 saturated carbocycles. The van der Waals surface area contributed by atoms with Crippen molar-refractivity contribution < 1.29 is 4.79 Å². The lowest BCUT2D eigenvalue weighted by atomic mass is 10.2. The first-order valence-corrected chi connectivity index (χ1v) is 9.19. The lowest BCUT2D eigenvalue weighted by Crippen LogP contribution is -2.25. The summed E-state index contributed by atoms with van der Waals surface area (Å²) in [6, 6.07) is 7.26. The zero-order valence-corrected chi connectivity index (χ0v) is 15.1. The second-order valence-electron chi connectivity index (χ2n) is 5.34. The van der Waals surface area contributed by atoms with Gasteiger partial charge in [-0.15, -0.1) is 21.5 Å². The second kappa shape index (κ2) is 6.73. The van der Waals surface area contributed by atoms with E-state index in [0.717, 1.165) is 10.1 Å². The standard InChI is InChI=1S/C16H12N6O2S2/c1-21-9-18-20-16(21)26-11-4-2-10(3-5-11)19-13(23)12-8-17-15-22(14(12)24)6-7-25-15/h2-9H,1H3,(H,19,23). The molecule has 26 heavy (non-hydrogen) atoms. The number of carbonyl (C=O) groups is 1. The van der Waals surface area contributed by atoms with Gasteiger partial charge in [0.2, 0.25) is 0 Å². The van der Waals surface area contributed by atoms with Crippen molar-refractivity contribution in [1.82, 2.24) is 24.1 Å². The third-order valence-corrected chi connectivity index (χ3v) is 5.41. The third kappa shape index (κ3) is 3.11. The van der Waals surface area contributed by atoms with E-state index in [9.17, 15) is 9.59 Å². The van der Waals surface area contributed by atoms with Crippen LogP contribution in [0.5, 0.6) is 0 Å². The molecule has 0 saturated heterocycles. The Morgan fingerprint density at radius 1 is 1.27 bits per heavy atom. The number of benzene rings is 1. The Kier molecular flexibility index (Phi) is 4.27. The molecule has 0 aliphatic heterocycles. The number of aromatic nitrogens is 5. The molecular formula is C16H12N6O2S2. The topological polar surface area (TPSA) is 94.2 Å². The van der Waals surface area contributed by atoms with Gasteiger partial charge in [-0.25, -0.2) is 4.98 Å². The van der Waals surface area contributed by atoms with E-state index in [0.29, 0.717) is 10.6 Å². The molecule has 1 aromatic carbocycles. The van der Waals surface area contributed by atoms with E-state index in [1.807, 2.05) is 23.7 Å². The van der Waals surface area contributed by atoms with E-state index in [1.165, 1.54) is 33.7 Å². The van der Waals surface area contributed by atoms with Crippen LogP contribution in [0.2, 0.25) is 0 Å². The Balaban J connectivity index is 1.51. The maximum Gasteiger partial charge on any atom is 0.271 e. The van der Waals surface area contributed by atoms with E-state index in [2.05, 4.69) is 20.5 Å². The molecule has 130 valence electrons. The molecule has 0 unspecified atom stereocenters. The van der Waals surface area contributed by atoms with E-state index < -0.39 is 5.91 Å². The van der Waals surface area contributed by atoms with Crippen LogP contribution < -0.4 is 10.9 Å². The monoisotopic (exact) mass is 384 g/mol. The number of carbonyl (C=O) groups excluding carboxylic acids is 1. The van der Waals surface area contributed by atoms with Gasteiger partial charge in [0.15, 0.2) is 10.1 Å². The summed E-state index contributed by atoms with van der Waals surface area (Å²) in [6.07, 6.45) is 4.54. The first kappa shape index (κ1) is 16.5.